The fraction of sp³-hybridized carbons (Fsp3) is 0.333. The van der Waals surface area contributed by atoms with Gasteiger partial charge in [-0.1, -0.05) is 0 Å². The molecular weight excluding hydrogens is 221 g/mol. The molecule has 0 bridgehead atoms. The van der Waals surface area contributed by atoms with Crippen molar-refractivity contribution in [2.24, 2.45) is 0 Å². The second-order valence-electron chi connectivity index (χ2n) is 3.45. The van der Waals surface area contributed by atoms with E-state index in [1.165, 1.54) is 18.2 Å². The van der Waals surface area contributed by atoms with E-state index in [9.17, 15) is 12.8 Å². The third-order valence-electron chi connectivity index (χ3n) is 2.04. The van der Waals surface area contributed by atoms with Gasteiger partial charge in [-0.3, -0.25) is 0 Å². The van der Waals surface area contributed by atoms with Crippen LogP contribution in [0.3, 0.4) is 0 Å². The number of fused-ring (bicyclic) bond motifs is 1. The van der Waals surface area contributed by atoms with Crippen molar-refractivity contribution in [2.75, 3.05) is 6.26 Å². The van der Waals surface area contributed by atoms with Gasteiger partial charge in [0.05, 0.1) is 6.26 Å². The molecule has 1 aliphatic rings. The van der Waals surface area contributed by atoms with Crippen LogP contribution in [0, 0.1) is 5.82 Å². The summed E-state index contributed by atoms with van der Waals surface area (Å²) in [6.45, 7) is 0. The summed E-state index contributed by atoms with van der Waals surface area (Å²) in [5, 5.41) is 0. The van der Waals surface area contributed by atoms with E-state index in [1.54, 1.807) is 0 Å². The zero-order valence-electron chi connectivity index (χ0n) is 8.03. The fourth-order valence-corrected chi connectivity index (χ4v) is 2.13. The van der Waals surface area contributed by atoms with Gasteiger partial charge in [0, 0.05) is 12.0 Å². The Hall–Kier alpha value is -1.14. The van der Waals surface area contributed by atoms with Gasteiger partial charge < -0.3 is 4.74 Å². The zero-order chi connectivity index (χ0) is 11.1. The Morgan fingerprint density at radius 2 is 2.27 bits per heavy atom. The van der Waals surface area contributed by atoms with Crippen molar-refractivity contribution >= 4 is 10.0 Å². The molecule has 0 aromatic heterocycles. The van der Waals surface area contributed by atoms with Crippen LogP contribution in [0.5, 0.6) is 5.75 Å². The maximum atomic E-state index is 12.8. The van der Waals surface area contributed by atoms with E-state index < -0.39 is 16.3 Å². The molecule has 6 heteroatoms. The second kappa shape index (κ2) is 3.46. The average Bonchev–Trinajstić information content (AvgIpc) is 2.42. The number of ether oxygens (including phenoxy) is 1. The molecule has 1 N–H and O–H groups in total. The Morgan fingerprint density at radius 3 is 2.93 bits per heavy atom. The van der Waals surface area contributed by atoms with E-state index in [0.717, 1.165) is 6.26 Å². The van der Waals surface area contributed by atoms with Gasteiger partial charge in [0.1, 0.15) is 11.6 Å². The predicted molar refractivity (Wildman–Crippen MR) is 52.5 cm³/mol. The van der Waals surface area contributed by atoms with Gasteiger partial charge in [-0.25, -0.2) is 12.8 Å². The lowest BCUT2D eigenvalue weighted by Gasteiger charge is -2.10. The number of halogens is 1. The summed E-state index contributed by atoms with van der Waals surface area (Å²) in [7, 11) is -3.30. The summed E-state index contributed by atoms with van der Waals surface area (Å²) in [5.74, 6) is 0.176. The van der Waals surface area contributed by atoms with E-state index in [-0.39, 0.29) is 5.82 Å². The molecule has 82 valence electrons. The molecule has 0 fully saturated rings. The average molecular weight is 231 g/mol. The number of hydrogen-bond acceptors (Lipinski definition) is 3. The highest BCUT2D eigenvalue weighted by atomic mass is 32.2. The minimum atomic E-state index is -3.30. The summed E-state index contributed by atoms with van der Waals surface area (Å²) < 4.78 is 42.3. The standard InChI is InChI=1S/C9H10FNO3S/c1-15(12,13)11-9-5-6-4-7(10)2-3-8(6)14-9/h2-4,9,11H,5H2,1H3. The van der Waals surface area contributed by atoms with Crippen LogP contribution in [0.15, 0.2) is 18.2 Å². The van der Waals surface area contributed by atoms with Crippen LogP contribution in [0.4, 0.5) is 4.39 Å². The first-order valence-corrected chi connectivity index (χ1v) is 6.25. The summed E-state index contributed by atoms with van der Waals surface area (Å²) in [4.78, 5) is 0. The third-order valence-corrected chi connectivity index (χ3v) is 2.73. The molecule has 0 radical (unpaired) electrons. The van der Waals surface area contributed by atoms with E-state index in [2.05, 4.69) is 4.72 Å². The van der Waals surface area contributed by atoms with Crippen LogP contribution in [0.25, 0.3) is 0 Å². The first-order chi connectivity index (χ1) is 6.94. The van der Waals surface area contributed by atoms with Gasteiger partial charge in [0.15, 0.2) is 6.23 Å². The van der Waals surface area contributed by atoms with E-state index in [1.807, 2.05) is 0 Å². The lowest BCUT2D eigenvalue weighted by atomic mass is 10.1. The largest absolute Gasteiger partial charge is 0.474 e. The van der Waals surface area contributed by atoms with Crippen molar-refractivity contribution in [3.05, 3.63) is 29.6 Å². The molecule has 1 aromatic rings. The smallest absolute Gasteiger partial charge is 0.211 e. The molecule has 1 atom stereocenters. The molecule has 0 saturated carbocycles. The van der Waals surface area contributed by atoms with E-state index in [4.69, 9.17) is 4.74 Å². The third kappa shape index (κ3) is 2.45. The lowest BCUT2D eigenvalue weighted by molar-refractivity contribution is 0.221. The highest BCUT2D eigenvalue weighted by Gasteiger charge is 2.25. The van der Waals surface area contributed by atoms with Crippen molar-refractivity contribution in [2.45, 2.75) is 12.6 Å². The minimum Gasteiger partial charge on any atom is -0.474 e. The molecule has 15 heavy (non-hydrogen) atoms. The zero-order valence-corrected chi connectivity index (χ0v) is 8.84. The van der Waals surface area contributed by atoms with E-state index >= 15 is 0 Å². The summed E-state index contributed by atoms with van der Waals surface area (Å²) in [6.07, 6.45) is 0.775. The van der Waals surface area contributed by atoms with Crippen molar-refractivity contribution in [3.63, 3.8) is 0 Å². The van der Waals surface area contributed by atoms with Gasteiger partial charge >= 0.3 is 0 Å². The van der Waals surface area contributed by atoms with Crippen molar-refractivity contribution < 1.29 is 17.5 Å². The van der Waals surface area contributed by atoms with Crippen LogP contribution >= 0.6 is 0 Å². The lowest BCUT2D eigenvalue weighted by Crippen LogP contribution is -2.37. The van der Waals surface area contributed by atoms with Gasteiger partial charge in [-0.05, 0) is 18.2 Å². The number of nitrogens with one attached hydrogen (secondary N) is 1. The number of hydrogen-bond donors (Lipinski definition) is 1. The molecule has 1 aromatic carbocycles. The summed E-state index contributed by atoms with van der Waals surface area (Å²) >= 11 is 0. The Bertz CT molecular complexity index is 486. The fourth-order valence-electron chi connectivity index (χ4n) is 1.52. The normalized spacial score (nSPS) is 19.7. The van der Waals surface area contributed by atoms with Gasteiger partial charge in [0.25, 0.3) is 0 Å². The molecule has 1 aliphatic heterocycles. The topological polar surface area (TPSA) is 55.4 Å². The maximum absolute atomic E-state index is 12.8. The Labute approximate surface area is 87.1 Å². The number of sulfonamides is 1. The number of benzene rings is 1. The summed E-state index contributed by atoms with van der Waals surface area (Å²) in [5.41, 5.74) is 0.677. The molecule has 0 amide bonds. The van der Waals surface area contributed by atoms with Crippen LogP contribution in [0.2, 0.25) is 0 Å². The van der Waals surface area contributed by atoms with Crippen LogP contribution < -0.4 is 9.46 Å². The molecular formula is C9H10FNO3S. The van der Waals surface area contributed by atoms with Crippen molar-refractivity contribution in [1.29, 1.82) is 0 Å². The Balaban J connectivity index is 2.16. The predicted octanol–water partition coefficient (Wildman–Crippen LogP) is 0.636. The first kappa shape index (κ1) is 10.4. The highest BCUT2D eigenvalue weighted by Crippen LogP contribution is 2.28. The molecule has 0 aliphatic carbocycles. The second-order valence-corrected chi connectivity index (χ2v) is 5.23. The Morgan fingerprint density at radius 1 is 1.53 bits per heavy atom. The molecule has 0 spiro atoms. The minimum absolute atomic E-state index is 0.347. The molecule has 1 unspecified atom stereocenters. The van der Waals surface area contributed by atoms with Gasteiger partial charge in [-0.15, -0.1) is 0 Å². The van der Waals surface area contributed by atoms with Crippen molar-refractivity contribution in [1.82, 2.24) is 4.72 Å². The van der Waals surface area contributed by atoms with Crippen LogP contribution in [0.1, 0.15) is 5.56 Å². The molecule has 2 rings (SSSR count). The molecule has 4 nitrogen and oxygen atoms in total. The van der Waals surface area contributed by atoms with E-state index in [0.29, 0.717) is 17.7 Å². The molecule has 1 heterocycles. The molecule has 0 saturated heterocycles. The Kier molecular flexibility index (Phi) is 2.40. The van der Waals surface area contributed by atoms with Crippen LogP contribution in [-0.2, 0) is 16.4 Å². The maximum Gasteiger partial charge on any atom is 0.211 e. The number of rotatable bonds is 2. The quantitative estimate of drug-likeness (QED) is 0.812. The first-order valence-electron chi connectivity index (χ1n) is 4.36. The van der Waals surface area contributed by atoms with Crippen molar-refractivity contribution in [3.8, 4) is 5.75 Å². The summed E-state index contributed by atoms with van der Waals surface area (Å²) in [6, 6.07) is 4.12. The van der Waals surface area contributed by atoms with Crippen LogP contribution in [-0.4, -0.2) is 20.9 Å². The van der Waals surface area contributed by atoms with Gasteiger partial charge in [0.2, 0.25) is 10.0 Å². The monoisotopic (exact) mass is 231 g/mol. The SMILES string of the molecule is CS(=O)(=O)NC1Cc2cc(F)ccc2O1. The van der Waals surface area contributed by atoms with Gasteiger partial charge in [-0.2, -0.15) is 4.72 Å². The highest BCUT2D eigenvalue weighted by molar-refractivity contribution is 7.88.